The van der Waals surface area contributed by atoms with E-state index >= 15 is 0 Å². The van der Waals surface area contributed by atoms with E-state index in [4.69, 9.17) is 4.42 Å². The van der Waals surface area contributed by atoms with Crippen LogP contribution in [-0.4, -0.2) is 10.9 Å². The summed E-state index contributed by atoms with van der Waals surface area (Å²) < 4.78 is 19.3. The zero-order valence-corrected chi connectivity index (χ0v) is 18.0. The lowest BCUT2D eigenvalue weighted by Gasteiger charge is -2.21. The van der Waals surface area contributed by atoms with Gasteiger partial charge in [0, 0.05) is 16.6 Å². The Hall–Kier alpha value is -3.45. The van der Waals surface area contributed by atoms with Crippen LogP contribution in [0.1, 0.15) is 45.1 Å². The topological polar surface area (TPSA) is 67.2 Å². The van der Waals surface area contributed by atoms with Crippen LogP contribution in [0.2, 0.25) is 0 Å². The van der Waals surface area contributed by atoms with E-state index in [9.17, 15) is 9.18 Å². The second-order valence-electron chi connectivity index (χ2n) is 7.13. The van der Waals surface area contributed by atoms with Gasteiger partial charge in [0.1, 0.15) is 16.6 Å². The molecular formula is C24H22FN3O2S. The second kappa shape index (κ2) is 9.14. The van der Waals surface area contributed by atoms with Gasteiger partial charge in [0.2, 0.25) is 0 Å². The van der Waals surface area contributed by atoms with Crippen molar-refractivity contribution in [1.29, 1.82) is 0 Å². The normalized spacial score (nSPS) is 11.8. The maximum Gasteiger partial charge on any atom is 0.291 e. The number of pyridine rings is 1. The third-order valence-electron chi connectivity index (χ3n) is 4.83. The molecule has 4 rings (SSSR count). The Morgan fingerprint density at radius 1 is 1.19 bits per heavy atom. The van der Waals surface area contributed by atoms with Crippen LogP contribution in [0, 0.1) is 12.7 Å². The van der Waals surface area contributed by atoms with Crippen LogP contribution in [0.15, 0.2) is 71.5 Å². The first-order valence-corrected chi connectivity index (χ1v) is 10.8. The van der Waals surface area contributed by atoms with Gasteiger partial charge in [-0.25, -0.2) is 9.37 Å². The van der Waals surface area contributed by atoms with Gasteiger partial charge in [-0.2, -0.15) is 0 Å². The van der Waals surface area contributed by atoms with Gasteiger partial charge in [0.25, 0.3) is 5.91 Å². The molecule has 0 spiro atoms. The average molecular weight is 436 g/mol. The predicted octanol–water partition coefficient (Wildman–Crippen LogP) is 6.20. The molecule has 0 bridgehead atoms. The number of rotatable bonds is 7. The number of amides is 1. The zero-order valence-electron chi connectivity index (χ0n) is 17.2. The molecule has 5 nitrogen and oxygen atoms in total. The summed E-state index contributed by atoms with van der Waals surface area (Å²) in [5.41, 5.74) is 2.63. The van der Waals surface area contributed by atoms with Gasteiger partial charge in [0.15, 0.2) is 5.76 Å². The Labute approximate surface area is 184 Å². The summed E-state index contributed by atoms with van der Waals surface area (Å²) in [7, 11) is 0. The fraction of sp³-hybridized carbons (Fsp3) is 0.167. The van der Waals surface area contributed by atoms with Crippen molar-refractivity contribution in [3.63, 3.8) is 0 Å². The molecule has 0 fully saturated rings. The lowest BCUT2D eigenvalue weighted by molar-refractivity contribution is 0.0997. The SMILES string of the molecule is CCc1cc([C@H](Nc2cc(C)ccn2)c2cccc(F)c2)c(NC(=O)c2ccco2)s1. The number of aryl methyl sites for hydroxylation is 2. The maximum absolute atomic E-state index is 14.1. The van der Waals surface area contributed by atoms with Crippen LogP contribution in [0.4, 0.5) is 15.2 Å². The van der Waals surface area contributed by atoms with Gasteiger partial charge in [-0.15, -0.1) is 11.3 Å². The van der Waals surface area contributed by atoms with Crippen LogP contribution in [-0.2, 0) is 6.42 Å². The number of thiophene rings is 1. The molecule has 3 aromatic heterocycles. The first kappa shape index (κ1) is 20.8. The molecule has 1 amide bonds. The Morgan fingerprint density at radius 2 is 2.06 bits per heavy atom. The molecule has 7 heteroatoms. The standard InChI is InChI=1S/C24H22FN3O2S/c1-3-18-14-19(24(31-18)28-23(29)20-8-5-11-30-20)22(16-6-4-7-17(25)13-16)27-21-12-15(2)9-10-26-21/h4-14,22H,3H2,1-2H3,(H,26,27)(H,28,29)/t22-/m1/s1. The van der Waals surface area contributed by atoms with E-state index in [2.05, 4.69) is 22.5 Å². The number of anilines is 2. The Bertz CT molecular complexity index is 1190. The van der Waals surface area contributed by atoms with Crippen LogP contribution in [0.5, 0.6) is 0 Å². The number of furan rings is 1. The Kier molecular flexibility index (Phi) is 6.13. The highest BCUT2D eigenvalue weighted by molar-refractivity contribution is 7.16. The quantitative estimate of drug-likeness (QED) is 0.363. The summed E-state index contributed by atoms with van der Waals surface area (Å²) in [6.45, 7) is 4.04. The van der Waals surface area contributed by atoms with E-state index in [0.29, 0.717) is 10.8 Å². The van der Waals surface area contributed by atoms with Gasteiger partial charge < -0.3 is 15.1 Å². The molecule has 0 aliphatic rings. The van der Waals surface area contributed by atoms with Gasteiger partial charge >= 0.3 is 0 Å². The fourth-order valence-corrected chi connectivity index (χ4v) is 4.34. The van der Waals surface area contributed by atoms with E-state index in [1.165, 1.54) is 29.7 Å². The number of aromatic nitrogens is 1. The number of hydrogen-bond acceptors (Lipinski definition) is 5. The van der Waals surface area contributed by atoms with Crippen molar-refractivity contribution in [2.45, 2.75) is 26.3 Å². The number of hydrogen-bond donors (Lipinski definition) is 2. The number of halogens is 1. The van der Waals surface area contributed by atoms with Crippen LogP contribution >= 0.6 is 11.3 Å². The molecule has 0 aliphatic heterocycles. The first-order chi connectivity index (χ1) is 15.0. The van der Waals surface area contributed by atoms with Crippen molar-refractivity contribution in [3.05, 3.63) is 100 Å². The molecule has 4 aromatic rings. The molecule has 1 aromatic carbocycles. The number of benzene rings is 1. The summed E-state index contributed by atoms with van der Waals surface area (Å²) in [6, 6.07) is 15.2. The summed E-state index contributed by atoms with van der Waals surface area (Å²) in [5.74, 6) is 0.242. The molecular weight excluding hydrogens is 413 g/mol. The Balaban J connectivity index is 1.76. The molecule has 2 N–H and O–H groups in total. The first-order valence-electron chi connectivity index (χ1n) is 9.95. The van der Waals surface area contributed by atoms with Gasteiger partial charge in [-0.1, -0.05) is 19.1 Å². The molecule has 3 heterocycles. The maximum atomic E-state index is 14.1. The molecule has 0 aliphatic carbocycles. The second-order valence-corrected chi connectivity index (χ2v) is 8.27. The van der Waals surface area contributed by atoms with Crippen molar-refractivity contribution in [3.8, 4) is 0 Å². The monoisotopic (exact) mass is 435 g/mol. The van der Waals surface area contributed by atoms with Crippen molar-refractivity contribution >= 4 is 28.1 Å². The van der Waals surface area contributed by atoms with Crippen LogP contribution in [0.3, 0.4) is 0 Å². The lowest BCUT2D eigenvalue weighted by atomic mass is 9.99. The van der Waals surface area contributed by atoms with E-state index in [1.807, 2.05) is 31.2 Å². The minimum Gasteiger partial charge on any atom is -0.459 e. The molecule has 0 unspecified atom stereocenters. The van der Waals surface area contributed by atoms with Crippen LogP contribution < -0.4 is 10.6 Å². The molecule has 31 heavy (non-hydrogen) atoms. The predicted molar refractivity (Wildman–Crippen MR) is 121 cm³/mol. The highest BCUT2D eigenvalue weighted by Gasteiger charge is 2.23. The minimum atomic E-state index is -0.409. The van der Waals surface area contributed by atoms with E-state index < -0.39 is 6.04 Å². The summed E-state index contributed by atoms with van der Waals surface area (Å²) in [5, 5.41) is 7.07. The van der Waals surface area contributed by atoms with Gasteiger partial charge in [-0.05, 0) is 66.9 Å². The third kappa shape index (κ3) is 4.83. The van der Waals surface area contributed by atoms with Crippen molar-refractivity contribution in [2.75, 3.05) is 10.6 Å². The molecule has 0 saturated carbocycles. The molecule has 1 atom stereocenters. The van der Waals surface area contributed by atoms with E-state index in [-0.39, 0.29) is 17.5 Å². The number of nitrogens with one attached hydrogen (secondary N) is 2. The number of nitrogens with zero attached hydrogens (tertiary/aromatic N) is 1. The summed E-state index contributed by atoms with van der Waals surface area (Å²) in [4.78, 5) is 18.2. The molecule has 158 valence electrons. The molecule has 0 radical (unpaired) electrons. The third-order valence-corrected chi connectivity index (χ3v) is 6.04. The summed E-state index contributed by atoms with van der Waals surface area (Å²) in [6.07, 6.45) is 4.00. The summed E-state index contributed by atoms with van der Waals surface area (Å²) >= 11 is 1.50. The largest absolute Gasteiger partial charge is 0.459 e. The lowest BCUT2D eigenvalue weighted by Crippen LogP contribution is -2.17. The average Bonchev–Trinajstić information content (AvgIpc) is 3.42. The zero-order chi connectivity index (χ0) is 21.8. The van der Waals surface area contributed by atoms with Crippen molar-refractivity contribution in [2.24, 2.45) is 0 Å². The number of carbonyl (C=O) groups excluding carboxylic acids is 1. The number of carbonyl (C=O) groups is 1. The van der Waals surface area contributed by atoms with E-state index in [1.54, 1.807) is 24.4 Å². The highest BCUT2D eigenvalue weighted by atomic mass is 32.1. The van der Waals surface area contributed by atoms with Crippen molar-refractivity contribution in [1.82, 2.24) is 4.98 Å². The minimum absolute atomic E-state index is 0.230. The highest BCUT2D eigenvalue weighted by Crippen LogP contribution is 2.38. The van der Waals surface area contributed by atoms with Crippen LogP contribution in [0.25, 0.3) is 0 Å². The van der Waals surface area contributed by atoms with E-state index in [0.717, 1.165) is 28.0 Å². The van der Waals surface area contributed by atoms with Gasteiger partial charge in [-0.3, -0.25) is 4.79 Å². The Morgan fingerprint density at radius 3 is 2.77 bits per heavy atom. The molecule has 0 saturated heterocycles. The van der Waals surface area contributed by atoms with Crippen molar-refractivity contribution < 1.29 is 13.6 Å². The fourth-order valence-electron chi connectivity index (χ4n) is 3.31. The van der Waals surface area contributed by atoms with Gasteiger partial charge in [0.05, 0.1) is 12.3 Å². The smallest absolute Gasteiger partial charge is 0.291 e.